The van der Waals surface area contributed by atoms with E-state index in [9.17, 15) is 31.5 Å². The first-order valence-electron chi connectivity index (χ1n) is 13.6. The maximum Gasteiger partial charge on any atom is 0.416 e. The molecule has 1 aliphatic rings. The Morgan fingerprint density at radius 3 is 2.26 bits per heavy atom. The van der Waals surface area contributed by atoms with Gasteiger partial charge in [0, 0.05) is 36.2 Å². The van der Waals surface area contributed by atoms with E-state index in [-0.39, 0.29) is 29.2 Å². The van der Waals surface area contributed by atoms with Crippen LogP contribution in [-0.2, 0) is 16.0 Å². The van der Waals surface area contributed by atoms with Gasteiger partial charge < -0.3 is 15.3 Å². The van der Waals surface area contributed by atoms with Crippen LogP contribution in [0.1, 0.15) is 65.2 Å². The van der Waals surface area contributed by atoms with Crippen LogP contribution in [0.25, 0.3) is 0 Å². The van der Waals surface area contributed by atoms with Crippen molar-refractivity contribution >= 4 is 21.4 Å². The van der Waals surface area contributed by atoms with Crippen LogP contribution in [0.2, 0.25) is 0 Å². The van der Waals surface area contributed by atoms with Gasteiger partial charge in [-0.25, -0.2) is 8.42 Å². The maximum atomic E-state index is 13.0. The van der Waals surface area contributed by atoms with Crippen LogP contribution in [0.4, 0.5) is 18.9 Å². The molecule has 0 radical (unpaired) electrons. The number of anilines is 1. The van der Waals surface area contributed by atoms with E-state index in [0.717, 1.165) is 23.4 Å². The molecule has 1 amide bonds. The largest absolute Gasteiger partial charge is 0.416 e. The molecule has 7 nitrogen and oxygen atoms in total. The number of carbonyl (C=O) groups is 1. The van der Waals surface area contributed by atoms with Crippen molar-refractivity contribution < 1.29 is 31.5 Å². The van der Waals surface area contributed by atoms with Crippen LogP contribution >= 0.6 is 0 Å². The van der Waals surface area contributed by atoms with E-state index < -0.39 is 33.5 Å². The molecule has 0 aromatic heterocycles. The average Bonchev–Trinajstić information content (AvgIpc) is 3.42. The molecular formula is C31H32F3N3O4S. The number of nitrogens with one attached hydrogen (secondary N) is 1. The third-order valence-electron chi connectivity index (χ3n) is 7.68. The number of amides is 1. The summed E-state index contributed by atoms with van der Waals surface area (Å²) in [4.78, 5) is 15.3. The quantitative estimate of drug-likeness (QED) is 0.313. The van der Waals surface area contributed by atoms with Gasteiger partial charge >= 0.3 is 6.18 Å². The van der Waals surface area contributed by atoms with Crippen LogP contribution < -0.4 is 10.2 Å². The van der Waals surface area contributed by atoms with Crippen LogP contribution in [0.3, 0.4) is 0 Å². The summed E-state index contributed by atoms with van der Waals surface area (Å²) in [6.07, 6.45) is -2.77. The number of halogens is 3. The highest BCUT2D eigenvalue weighted by Crippen LogP contribution is 2.38. The number of carbonyl (C=O) groups excluding carboxylic acids is 1. The Hall–Kier alpha value is -3.88. The first kappa shape index (κ1) is 31.1. The zero-order valence-corrected chi connectivity index (χ0v) is 23.8. The fourth-order valence-electron chi connectivity index (χ4n) is 5.28. The molecule has 1 aliphatic heterocycles. The Balaban J connectivity index is 1.46. The molecular weight excluding hydrogens is 567 g/mol. The van der Waals surface area contributed by atoms with E-state index in [2.05, 4.69) is 16.3 Å². The van der Waals surface area contributed by atoms with Gasteiger partial charge in [-0.2, -0.15) is 18.4 Å². The predicted octanol–water partition coefficient (Wildman–Crippen LogP) is 5.63. The molecule has 1 heterocycles. The standard InChI is InChI=1S/C31H32F3N3O4S/c1-2-42(40,41)28-15-9-22(10-16-28)29(20-38)36-30(39)23-7-13-26(14-8-23)37-19-24(18-27(37)4-3-17-35)21-5-11-25(12-6-21)31(32,33)34/h5-16,24,27,29,38H,2-4,18-20H2,1H3,(H,36,39)/t24?,27-,29+/m1/s1. The Kier molecular flexibility index (Phi) is 9.59. The van der Waals surface area contributed by atoms with Gasteiger partial charge in [-0.15, -0.1) is 0 Å². The van der Waals surface area contributed by atoms with E-state index in [0.29, 0.717) is 36.9 Å². The molecule has 0 aliphatic carbocycles. The number of hydrogen-bond donors (Lipinski definition) is 2. The number of alkyl halides is 3. The van der Waals surface area contributed by atoms with Crippen molar-refractivity contribution in [1.82, 2.24) is 5.32 Å². The van der Waals surface area contributed by atoms with Gasteiger partial charge in [-0.05, 0) is 72.5 Å². The van der Waals surface area contributed by atoms with Crippen molar-refractivity contribution in [2.75, 3.05) is 23.8 Å². The molecule has 0 bridgehead atoms. The highest BCUT2D eigenvalue weighted by Gasteiger charge is 2.34. The molecule has 0 spiro atoms. The number of nitrogens with zero attached hydrogens (tertiary/aromatic N) is 2. The molecule has 42 heavy (non-hydrogen) atoms. The normalized spacial score (nSPS) is 18.0. The van der Waals surface area contributed by atoms with Gasteiger partial charge in [0.15, 0.2) is 9.84 Å². The summed E-state index contributed by atoms with van der Waals surface area (Å²) in [5, 5.41) is 21.8. The van der Waals surface area contributed by atoms with Crippen LogP contribution in [0.15, 0.2) is 77.7 Å². The summed E-state index contributed by atoms with van der Waals surface area (Å²) < 4.78 is 63.2. The average molecular weight is 600 g/mol. The molecule has 3 atom stereocenters. The number of benzene rings is 3. The maximum absolute atomic E-state index is 13.0. The van der Waals surface area contributed by atoms with Crippen molar-refractivity contribution in [2.45, 2.75) is 55.3 Å². The lowest BCUT2D eigenvalue weighted by Gasteiger charge is -2.26. The van der Waals surface area contributed by atoms with Gasteiger partial charge in [0.1, 0.15) is 0 Å². The minimum Gasteiger partial charge on any atom is -0.394 e. The molecule has 222 valence electrons. The summed E-state index contributed by atoms with van der Waals surface area (Å²) in [7, 11) is -3.37. The van der Waals surface area contributed by atoms with E-state index in [1.165, 1.54) is 24.3 Å². The second-order valence-corrected chi connectivity index (χ2v) is 12.6. The second kappa shape index (κ2) is 13.0. The number of aliphatic hydroxyl groups is 1. The summed E-state index contributed by atoms with van der Waals surface area (Å²) in [6.45, 7) is 1.73. The van der Waals surface area contributed by atoms with Crippen LogP contribution in [-0.4, -0.2) is 44.4 Å². The monoisotopic (exact) mass is 599 g/mol. The SMILES string of the molecule is CCS(=O)(=O)c1ccc([C@H](CO)NC(=O)c2ccc(N3CC(c4ccc(C(F)(F)F)cc4)C[C@H]3CCC#N)cc2)cc1. The third kappa shape index (κ3) is 7.12. The first-order chi connectivity index (χ1) is 20.0. The zero-order chi connectivity index (χ0) is 30.5. The van der Waals surface area contributed by atoms with Gasteiger partial charge in [-0.1, -0.05) is 31.2 Å². The Morgan fingerprint density at radius 1 is 1.07 bits per heavy atom. The first-order valence-corrected chi connectivity index (χ1v) is 15.3. The summed E-state index contributed by atoms with van der Waals surface area (Å²) in [5.41, 5.74) is 1.86. The van der Waals surface area contributed by atoms with Crippen molar-refractivity contribution in [1.29, 1.82) is 5.26 Å². The summed E-state index contributed by atoms with van der Waals surface area (Å²) >= 11 is 0. The van der Waals surface area contributed by atoms with Crippen molar-refractivity contribution in [2.24, 2.45) is 0 Å². The van der Waals surface area contributed by atoms with E-state index in [1.54, 1.807) is 43.3 Å². The van der Waals surface area contributed by atoms with Crippen molar-refractivity contribution in [3.05, 3.63) is 95.1 Å². The molecule has 4 rings (SSSR count). The summed E-state index contributed by atoms with van der Waals surface area (Å²) in [5.74, 6) is -0.465. The van der Waals surface area contributed by atoms with E-state index in [4.69, 9.17) is 5.26 Å². The van der Waals surface area contributed by atoms with Gasteiger partial charge in [-0.3, -0.25) is 4.79 Å². The fourth-order valence-corrected chi connectivity index (χ4v) is 6.16. The molecule has 1 fully saturated rings. The highest BCUT2D eigenvalue weighted by molar-refractivity contribution is 7.91. The molecule has 3 aromatic rings. The topological polar surface area (TPSA) is 110 Å². The Morgan fingerprint density at radius 2 is 1.71 bits per heavy atom. The molecule has 1 unspecified atom stereocenters. The number of hydrogen-bond acceptors (Lipinski definition) is 6. The molecule has 2 N–H and O–H groups in total. The van der Waals surface area contributed by atoms with E-state index >= 15 is 0 Å². The number of nitriles is 1. The smallest absolute Gasteiger partial charge is 0.394 e. The summed E-state index contributed by atoms with van der Waals surface area (Å²) in [6, 6.07) is 19.6. The van der Waals surface area contributed by atoms with Crippen LogP contribution in [0.5, 0.6) is 0 Å². The molecule has 11 heteroatoms. The molecule has 1 saturated heterocycles. The lowest BCUT2D eigenvalue weighted by atomic mass is 9.94. The van der Waals surface area contributed by atoms with Gasteiger partial charge in [0.05, 0.1) is 34.9 Å². The highest BCUT2D eigenvalue weighted by atomic mass is 32.2. The number of sulfone groups is 1. The Bertz CT molecular complexity index is 1520. The minimum atomic E-state index is -4.40. The third-order valence-corrected chi connectivity index (χ3v) is 9.43. The lowest BCUT2D eigenvalue weighted by Crippen LogP contribution is -2.31. The molecule has 3 aromatic carbocycles. The second-order valence-electron chi connectivity index (χ2n) is 10.3. The van der Waals surface area contributed by atoms with Gasteiger partial charge in [0.2, 0.25) is 0 Å². The van der Waals surface area contributed by atoms with E-state index in [1.807, 2.05) is 0 Å². The van der Waals surface area contributed by atoms with Crippen molar-refractivity contribution in [3.8, 4) is 6.07 Å². The fraction of sp³-hybridized carbons (Fsp3) is 0.355. The minimum absolute atomic E-state index is 0.00915. The van der Waals surface area contributed by atoms with Crippen LogP contribution in [0, 0.1) is 11.3 Å². The van der Waals surface area contributed by atoms with Crippen molar-refractivity contribution in [3.63, 3.8) is 0 Å². The zero-order valence-electron chi connectivity index (χ0n) is 23.0. The Labute approximate surface area is 243 Å². The predicted molar refractivity (Wildman–Crippen MR) is 153 cm³/mol. The number of aliphatic hydroxyl groups excluding tert-OH is 1. The number of rotatable bonds is 10. The molecule has 0 saturated carbocycles. The van der Waals surface area contributed by atoms with Gasteiger partial charge in [0.25, 0.3) is 5.91 Å². The lowest BCUT2D eigenvalue weighted by molar-refractivity contribution is -0.137.